The summed E-state index contributed by atoms with van der Waals surface area (Å²) in [4.78, 5) is 0. The molecule has 2 rings (SSSR count). The van der Waals surface area contributed by atoms with Gasteiger partial charge in [0.1, 0.15) is 0 Å². The molecule has 1 nitrogen and oxygen atoms in total. The molecule has 1 atom stereocenters. The fourth-order valence-electron chi connectivity index (χ4n) is 1.45. The van der Waals surface area contributed by atoms with E-state index in [0.29, 0.717) is 16.0 Å². The van der Waals surface area contributed by atoms with Gasteiger partial charge in [0, 0.05) is 6.04 Å². The Morgan fingerprint density at radius 1 is 1.21 bits per heavy atom. The zero-order valence-corrected chi connectivity index (χ0v) is 9.87. The minimum Gasteiger partial charge on any atom is -0.324 e. The van der Waals surface area contributed by atoms with Gasteiger partial charge in [-0.3, -0.25) is 0 Å². The second-order valence-electron chi connectivity index (χ2n) is 3.54. The Hall–Kier alpha value is 0.0500. The van der Waals surface area contributed by atoms with Gasteiger partial charge in [0.2, 0.25) is 0 Å². The van der Waals surface area contributed by atoms with Gasteiger partial charge in [-0.05, 0) is 36.5 Å². The minimum absolute atomic E-state index is 0. The van der Waals surface area contributed by atoms with Gasteiger partial charge >= 0.3 is 0 Å². The lowest BCUT2D eigenvalue weighted by Crippen LogP contribution is -2.12. The molecule has 0 radical (unpaired) electrons. The molecule has 0 bridgehead atoms. The molecule has 1 aliphatic carbocycles. The van der Waals surface area contributed by atoms with Gasteiger partial charge in [-0.2, -0.15) is 0 Å². The van der Waals surface area contributed by atoms with Gasteiger partial charge < -0.3 is 5.73 Å². The first-order valence-electron chi connectivity index (χ1n) is 4.39. The molecule has 1 saturated carbocycles. The predicted molar refractivity (Wildman–Crippen MR) is 63.4 cm³/mol. The van der Waals surface area contributed by atoms with Gasteiger partial charge in [-0.25, -0.2) is 0 Å². The van der Waals surface area contributed by atoms with E-state index in [1.807, 2.05) is 18.2 Å². The molecule has 0 saturated heterocycles. The highest BCUT2D eigenvalue weighted by molar-refractivity contribution is 6.42. The Morgan fingerprint density at radius 3 is 2.36 bits per heavy atom. The fraction of sp³-hybridized carbons (Fsp3) is 0.400. The van der Waals surface area contributed by atoms with Gasteiger partial charge in [0.05, 0.1) is 10.0 Å². The molecule has 4 heteroatoms. The van der Waals surface area contributed by atoms with Crippen molar-refractivity contribution in [1.82, 2.24) is 0 Å². The summed E-state index contributed by atoms with van der Waals surface area (Å²) >= 11 is 11.7. The molecule has 1 fully saturated rings. The van der Waals surface area contributed by atoms with E-state index in [1.165, 1.54) is 12.8 Å². The number of hydrogen-bond acceptors (Lipinski definition) is 1. The topological polar surface area (TPSA) is 26.0 Å². The van der Waals surface area contributed by atoms with E-state index in [4.69, 9.17) is 28.9 Å². The first kappa shape index (κ1) is 12.1. The van der Waals surface area contributed by atoms with Crippen LogP contribution in [-0.2, 0) is 0 Å². The lowest BCUT2D eigenvalue weighted by molar-refractivity contribution is 0.633. The second kappa shape index (κ2) is 4.71. The molecule has 14 heavy (non-hydrogen) atoms. The van der Waals surface area contributed by atoms with Crippen molar-refractivity contribution in [3.05, 3.63) is 33.8 Å². The molecule has 1 aliphatic rings. The molecule has 1 aromatic carbocycles. The normalized spacial score (nSPS) is 17.4. The average Bonchev–Trinajstić information content (AvgIpc) is 2.91. The smallest absolute Gasteiger partial charge is 0.0595 e. The Morgan fingerprint density at radius 2 is 1.86 bits per heavy atom. The molecule has 0 heterocycles. The molecule has 0 aromatic heterocycles. The van der Waals surface area contributed by atoms with Crippen LogP contribution in [-0.4, -0.2) is 0 Å². The molecule has 0 aliphatic heterocycles. The van der Waals surface area contributed by atoms with E-state index in [9.17, 15) is 0 Å². The molecular formula is C10H12Cl3N. The Kier molecular flexibility index (Phi) is 4.08. The largest absolute Gasteiger partial charge is 0.324 e. The van der Waals surface area contributed by atoms with Gasteiger partial charge in [-0.1, -0.05) is 29.3 Å². The van der Waals surface area contributed by atoms with E-state index in [1.54, 1.807) is 0 Å². The standard InChI is InChI=1S/C10H11Cl2N.ClH/c11-8-4-3-7(5-9(8)12)10(13)6-1-2-6;/h3-6,10H,1-2,13H2;1H/t10-;/m1./s1. The lowest BCUT2D eigenvalue weighted by atomic mass is 10.0. The van der Waals surface area contributed by atoms with Crippen molar-refractivity contribution in [3.8, 4) is 0 Å². The maximum atomic E-state index is 6.02. The van der Waals surface area contributed by atoms with Crippen LogP contribution in [0.1, 0.15) is 24.4 Å². The number of hydrogen-bond donors (Lipinski definition) is 1. The maximum absolute atomic E-state index is 6.02. The predicted octanol–water partition coefficient (Wildman–Crippen LogP) is 3.83. The molecule has 78 valence electrons. The summed E-state index contributed by atoms with van der Waals surface area (Å²) in [5.41, 5.74) is 7.11. The zero-order chi connectivity index (χ0) is 9.42. The molecular weight excluding hydrogens is 240 g/mol. The molecule has 0 amide bonds. The summed E-state index contributed by atoms with van der Waals surface area (Å²) in [5, 5.41) is 1.18. The highest BCUT2D eigenvalue weighted by Gasteiger charge is 2.29. The van der Waals surface area contributed by atoms with Crippen LogP contribution in [0, 0.1) is 5.92 Å². The summed E-state index contributed by atoms with van der Waals surface area (Å²) in [5.74, 6) is 0.650. The Bertz CT molecular complexity index is 323. The first-order chi connectivity index (χ1) is 6.18. The first-order valence-corrected chi connectivity index (χ1v) is 5.14. The zero-order valence-electron chi connectivity index (χ0n) is 7.54. The van der Waals surface area contributed by atoms with Crippen molar-refractivity contribution in [2.75, 3.05) is 0 Å². The third-order valence-electron chi connectivity index (χ3n) is 2.46. The third-order valence-corrected chi connectivity index (χ3v) is 3.20. The number of halogens is 3. The van der Waals surface area contributed by atoms with Crippen molar-refractivity contribution in [3.63, 3.8) is 0 Å². The van der Waals surface area contributed by atoms with Gasteiger partial charge in [-0.15, -0.1) is 12.4 Å². The third kappa shape index (κ3) is 2.54. The van der Waals surface area contributed by atoms with Crippen LogP contribution in [0.3, 0.4) is 0 Å². The van der Waals surface area contributed by atoms with E-state index >= 15 is 0 Å². The SMILES string of the molecule is Cl.N[C@@H](c1ccc(Cl)c(Cl)c1)C1CC1. The summed E-state index contributed by atoms with van der Waals surface area (Å²) < 4.78 is 0. The van der Waals surface area contributed by atoms with Crippen molar-refractivity contribution in [1.29, 1.82) is 0 Å². The second-order valence-corrected chi connectivity index (χ2v) is 4.35. The maximum Gasteiger partial charge on any atom is 0.0595 e. The highest BCUT2D eigenvalue weighted by Crippen LogP contribution is 2.40. The number of benzene rings is 1. The van der Waals surface area contributed by atoms with Crippen LogP contribution in [0.2, 0.25) is 10.0 Å². The fourth-order valence-corrected chi connectivity index (χ4v) is 1.75. The van der Waals surface area contributed by atoms with Crippen LogP contribution in [0.25, 0.3) is 0 Å². The molecule has 2 N–H and O–H groups in total. The van der Waals surface area contributed by atoms with Crippen molar-refractivity contribution < 1.29 is 0 Å². The summed E-state index contributed by atoms with van der Waals surface area (Å²) in [6.45, 7) is 0. The summed E-state index contributed by atoms with van der Waals surface area (Å²) in [6.07, 6.45) is 2.48. The highest BCUT2D eigenvalue weighted by atomic mass is 35.5. The molecule has 0 spiro atoms. The number of nitrogens with two attached hydrogens (primary N) is 1. The van der Waals surface area contributed by atoms with Crippen molar-refractivity contribution in [2.45, 2.75) is 18.9 Å². The Balaban J connectivity index is 0.000000980. The minimum atomic E-state index is 0. The quantitative estimate of drug-likeness (QED) is 0.851. The molecule has 0 unspecified atom stereocenters. The van der Waals surface area contributed by atoms with Crippen LogP contribution in [0.5, 0.6) is 0 Å². The monoisotopic (exact) mass is 251 g/mol. The van der Waals surface area contributed by atoms with E-state index < -0.39 is 0 Å². The average molecular weight is 253 g/mol. The Labute approximate surface area is 100.0 Å². The summed E-state index contributed by atoms with van der Waals surface area (Å²) in [7, 11) is 0. The van der Waals surface area contributed by atoms with E-state index in [0.717, 1.165) is 5.56 Å². The lowest BCUT2D eigenvalue weighted by Gasteiger charge is -2.10. The van der Waals surface area contributed by atoms with Gasteiger partial charge in [0.25, 0.3) is 0 Å². The van der Waals surface area contributed by atoms with Crippen LogP contribution in [0.15, 0.2) is 18.2 Å². The van der Waals surface area contributed by atoms with Crippen molar-refractivity contribution >= 4 is 35.6 Å². The van der Waals surface area contributed by atoms with Crippen LogP contribution in [0.4, 0.5) is 0 Å². The van der Waals surface area contributed by atoms with E-state index in [-0.39, 0.29) is 18.4 Å². The summed E-state index contributed by atoms with van der Waals surface area (Å²) in [6, 6.07) is 5.76. The van der Waals surface area contributed by atoms with Crippen LogP contribution < -0.4 is 5.73 Å². The van der Waals surface area contributed by atoms with Crippen molar-refractivity contribution in [2.24, 2.45) is 11.7 Å². The van der Waals surface area contributed by atoms with Crippen LogP contribution >= 0.6 is 35.6 Å². The molecule has 1 aromatic rings. The number of rotatable bonds is 2. The van der Waals surface area contributed by atoms with Gasteiger partial charge in [0.15, 0.2) is 0 Å². The van der Waals surface area contributed by atoms with E-state index in [2.05, 4.69) is 0 Å².